The van der Waals surface area contributed by atoms with Gasteiger partial charge in [-0.1, -0.05) is 24.8 Å². The lowest BCUT2D eigenvalue weighted by Crippen LogP contribution is -2.08. The molecule has 2 rings (SSSR count). The lowest BCUT2D eigenvalue weighted by Gasteiger charge is -1.99. The number of fused-ring (bicyclic) bond motifs is 1. The predicted octanol–water partition coefficient (Wildman–Crippen LogP) is 2.22. The van der Waals surface area contributed by atoms with E-state index in [-0.39, 0.29) is 5.57 Å². The first-order valence-corrected chi connectivity index (χ1v) is 5.10. The first kappa shape index (κ1) is 11.1. The van der Waals surface area contributed by atoms with E-state index in [1.165, 1.54) is 0 Å². The number of Topliss-reactive ketones (excluding diaryl/α,β-unsaturated/α-hetero) is 1. The lowest BCUT2D eigenvalue weighted by atomic mass is 10.1. The van der Waals surface area contributed by atoms with Crippen molar-refractivity contribution in [1.29, 1.82) is 0 Å². The molecule has 1 aromatic heterocycles. The molecule has 0 atom stereocenters. The van der Waals surface area contributed by atoms with Crippen molar-refractivity contribution in [2.75, 3.05) is 0 Å². The summed E-state index contributed by atoms with van der Waals surface area (Å²) >= 11 is 0. The van der Waals surface area contributed by atoms with E-state index < -0.39 is 18.2 Å². The topological polar surface area (TPSA) is 70.2 Å². The van der Waals surface area contributed by atoms with Gasteiger partial charge in [0.1, 0.15) is 6.42 Å². The van der Waals surface area contributed by atoms with E-state index in [1.807, 2.05) is 24.3 Å². The van der Waals surface area contributed by atoms with Crippen LogP contribution >= 0.6 is 0 Å². The maximum atomic E-state index is 11.5. The van der Waals surface area contributed by atoms with Gasteiger partial charge in [0.05, 0.1) is 0 Å². The zero-order chi connectivity index (χ0) is 12.4. The molecule has 2 aromatic rings. The van der Waals surface area contributed by atoms with Gasteiger partial charge in [0.2, 0.25) is 0 Å². The Morgan fingerprint density at radius 3 is 2.65 bits per heavy atom. The summed E-state index contributed by atoms with van der Waals surface area (Å²) in [5, 5.41) is 9.51. The summed E-state index contributed by atoms with van der Waals surface area (Å²) in [5.41, 5.74) is 1.66. The Bertz CT molecular complexity index is 577. The first-order valence-electron chi connectivity index (χ1n) is 5.10. The smallest absolute Gasteiger partial charge is 0.311 e. The third-order valence-electron chi connectivity index (χ3n) is 2.50. The summed E-state index contributed by atoms with van der Waals surface area (Å²) in [6.45, 7) is 3.63. The van der Waals surface area contributed by atoms with Gasteiger partial charge in [-0.15, -0.1) is 0 Å². The van der Waals surface area contributed by atoms with Gasteiger partial charge < -0.3 is 10.1 Å². The van der Waals surface area contributed by atoms with E-state index in [1.54, 1.807) is 6.07 Å². The van der Waals surface area contributed by atoms with E-state index in [0.717, 1.165) is 10.9 Å². The minimum Gasteiger partial charge on any atom is -0.481 e. The molecule has 0 aliphatic heterocycles. The van der Waals surface area contributed by atoms with Gasteiger partial charge in [0.25, 0.3) is 0 Å². The van der Waals surface area contributed by atoms with Crippen LogP contribution in [-0.4, -0.2) is 21.8 Å². The van der Waals surface area contributed by atoms with Gasteiger partial charge in [0, 0.05) is 22.2 Å². The maximum absolute atomic E-state index is 11.5. The molecule has 1 aromatic carbocycles. The Hall–Kier alpha value is -2.36. The summed E-state index contributed by atoms with van der Waals surface area (Å²) in [7, 11) is 0. The van der Waals surface area contributed by atoms with Crippen LogP contribution in [0.5, 0.6) is 0 Å². The number of hydrogen-bond donors (Lipinski definition) is 2. The van der Waals surface area contributed by atoms with Gasteiger partial charge in [-0.25, -0.2) is 0 Å². The Morgan fingerprint density at radius 2 is 2.00 bits per heavy atom. The van der Waals surface area contributed by atoms with Crippen molar-refractivity contribution in [1.82, 2.24) is 4.98 Å². The Balaban J connectivity index is 2.30. The van der Waals surface area contributed by atoms with Crippen molar-refractivity contribution in [2.45, 2.75) is 6.42 Å². The van der Waals surface area contributed by atoms with Crippen LogP contribution in [0.15, 0.2) is 36.9 Å². The van der Waals surface area contributed by atoms with Crippen LogP contribution in [0, 0.1) is 0 Å². The number of aliphatic carboxylic acids is 1. The third kappa shape index (κ3) is 2.25. The van der Waals surface area contributed by atoms with E-state index in [9.17, 15) is 9.59 Å². The molecule has 4 heteroatoms. The predicted molar refractivity (Wildman–Crippen MR) is 64.6 cm³/mol. The second kappa shape index (κ2) is 4.25. The third-order valence-corrected chi connectivity index (χ3v) is 2.50. The Morgan fingerprint density at radius 1 is 1.29 bits per heavy atom. The fraction of sp³-hybridized carbons (Fsp3) is 0.0769. The number of allylic oxidation sites excluding steroid dienone is 1. The van der Waals surface area contributed by atoms with Gasteiger partial charge in [0.15, 0.2) is 5.78 Å². The van der Waals surface area contributed by atoms with Crippen LogP contribution in [0.4, 0.5) is 0 Å². The van der Waals surface area contributed by atoms with Crippen molar-refractivity contribution in [2.24, 2.45) is 0 Å². The monoisotopic (exact) mass is 229 g/mol. The molecule has 0 amide bonds. The molecule has 0 spiro atoms. The molecular weight excluding hydrogens is 218 g/mol. The second-order valence-corrected chi connectivity index (χ2v) is 3.74. The zero-order valence-corrected chi connectivity index (χ0v) is 9.06. The zero-order valence-electron chi connectivity index (χ0n) is 9.06. The SMILES string of the molecule is C=C(C(=O)CC(=O)O)c1cc2ccccc2[nH]1. The minimum absolute atomic E-state index is 0.198. The average molecular weight is 229 g/mol. The van der Waals surface area contributed by atoms with Crippen LogP contribution < -0.4 is 0 Å². The largest absolute Gasteiger partial charge is 0.481 e. The average Bonchev–Trinajstić information content (AvgIpc) is 2.70. The van der Waals surface area contributed by atoms with Crippen LogP contribution in [0.2, 0.25) is 0 Å². The van der Waals surface area contributed by atoms with Crippen molar-refractivity contribution >= 4 is 28.2 Å². The van der Waals surface area contributed by atoms with Gasteiger partial charge in [-0.3, -0.25) is 9.59 Å². The highest BCUT2D eigenvalue weighted by Gasteiger charge is 2.14. The lowest BCUT2D eigenvalue weighted by molar-refractivity contribution is -0.139. The normalized spacial score (nSPS) is 10.4. The number of hydrogen-bond acceptors (Lipinski definition) is 2. The van der Waals surface area contributed by atoms with Crippen molar-refractivity contribution in [3.8, 4) is 0 Å². The summed E-state index contributed by atoms with van der Waals surface area (Å²) in [5.74, 6) is -1.63. The van der Waals surface area contributed by atoms with Crippen LogP contribution in [0.25, 0.3) is 16.5 Å². The van der Waals surface area contributed by atoms with Gasteiger partial charge in [-0.05, 0) is 12.1 Å². The highest BCUT2D eigenvalue weighted by molar-refractivity contribution is 6.24. The Labute approximate surface area is 97.6 Å². The van der Waals surface area contributed by atoms with Crippen molar-refractivity contribution < 1.29 is 14.7 Å². The molecule has 1 heterocycles. The number of para-hydroxylation sites is 1. The number of carboxylic acid groups (broad SMARTS) is 1. The Kier molecular flexibility index (Phi) is 2.78. The first-order chi connectivity index (χ1) is 8.08. The molecule has 0 saturated heterocycles. The molecule has 17 heavy (non-hydrogen) atoms. The van der Waals surface area contributed by atoms with E-state index in [4.69, 9.17) is 5.11 Å². The number of carbonyl (C=O) groups excluding carboxylic acids is 1. The van der Waals surface area contributed by atoms with Crippen LogP contribution in [0.3, 0.4) is 0 Å². The molecule has 0 unspecified atom stereocenters. The number of aromatic amines is 1. The maximum Gasteiger partial charge on any atom is 0.311 e. The number of carbonyl (C=O) groups is 2. The van der Waals surface area contributed by atoms with Gasteiger partial charge in [-0.2, -0.15) is 0 Å². The summed E-state index contributed by atoms with van der Waals surface area (Å²) in [6.07, 6.45) is -0.534. The number of nitrogens with one attached hydrogen (secondary N) is 1. The quantitative estimate of drug-likeness (QED) is 0.623. The molecule has 0 bridgehead atoms. The van der Waals surface area contributed by atoms with Crippen molar-refractivity contribution in [3.63, 3.8) is 0 Å². The summed E-state index contributed by atoms with van der Waals surface area (Å²) in [6, 6.07) is 9.35. The number of carboxylic acids is 1. The summed E-state index contributed by atoms with van der Waals surface area (Å²) < 4.78 is 0. The molecule has 0 radical (unpaired) electrons. The number of ketones is 1. The molecule has 4 nitrogen and oxygen atoms in total. The number of benzene rings is 1. The number of aromatic nitrogens is 1. The number of H-pyrrole nitrogens is 1. The van der Waals surface area contributed by atoms with Crippen LogP contribution in [0.1, 0.15) is 12.1 Å². The molecule has 0 fully saturated rings. The molecule has 0 saturated carbocycles. The van der Waals surface area contributed by atoms with E-state index >= 15 is 0 Å². The second-order valence-electron chi connectivity index (χ2n) is 3.74. The minimum atomic E-state index is -1.15. The highest BCUT2D eigenvalue weighted by Crippen LogP contribution is 2.20. The molecule has 2 N–H and O–H groups in total. The fourth-order valence-electron chi connectivity index (χ4n) is 1.63. The molecule has 86 valence electrons. The number of rotatable bonds is 4. The van der Waals surface area contributed by atoms with Crippen molar-refractivity contribution in [3.05, 3.63) is 42.6 Å². The van der Waals surface area contributed by atoms with E-state index in [2.05, 4.69) is 11.6 Å². The summed E-state index contributed by atoms with van der Waals surface area (Å²) in [4.78, 5) is 25.0. The molecular formula is C13H11NO3. The van der Waals surface area contributed by atoms with E-state index in [0.29, 0.717) is 5.69 Å². The standard InChI is InChI=1S/C13H11NO3/c1-8(12(15)7-13(16)17)11-6-9-4-2-3-5-10(9)14-11/h2-6,14H,1,7H2,(H,16,17). The molecule has 0 aliphatic carbocycles. The highest BCUT2D eigenvalue weighted by atomic mass is 16.4. The van der Waals surface area contributed by atoms with Gasteiger partial charge >= 0.3 is 5.97 Å². The van der Waals surface area contributed by atoms with Crippen LogP contribution in [-0.2, 0) is 9.59 Å². The fourth-order valence-corrected chi connectivity index (χ4v) is 1.63. The molecule has 0 aliphatic rings.